The first-order valence-electron chi connectivity index (χ1n) is 15.1. The highest BCUT2D eigenvalue weighted by molar-refractivity contribution is 6.11. The zero-order valence-electron chi connectivity index (χ0n) is 25.7. The van der Waals surface area contributed by atoms with E-state index >= 15 is 0 Å². The number of fused-ring (bicyclic) bond motifs is 1. The minimum atomic E-state index is -0.892. The molecule has 45 heavy (non-hydrogen) atoms. The molecular formula is C38H33N3O4. The molecule has 224 valence electrons. The summed E-state index contributed by atoms with van der Waals surface area (Å²) in [4.78, 5) is 25.4. The molecule has 1 aliphatic heterocycles. The second-order valence-electron chi connectivity index (χ2n) is 12.5. The van der Waals surface area contributed by atoms with E-state index in [4.69, 9.17) is 14.5 Å². The summed E-state index contributed by atoms with van der Waals surface area (Å²) in [5.41, 5.74) is 8.81. The lowest BCUT2D eigenvalue weighted by atomic mass is 9.85. The Kier molecular flexibility index (Phi) is 6.96. The molecule has 1 N–H and O–H groups in total. The summed E-state index contributed by atoms with van der Waals surface area (Å²) in [6.07, 6.45) is 7.61. The number of aliphatic carboxylic acids is 1. The zero-order chi connectivity index (χ0) is 31.3. The van der Waals surface area contributed by atoms with E-state index in [1.54, 1.807) is 12.4 Å². The average Bonchev–Trinajstić information content (AvgIpc) is 3.02. The van der Waals surface area contributed by atoms with E-state index in [1.807, 2.05) is 46.0 Å². The number of pyridine rings is 1. The summed E-state index contributed by atoms with van der Waals surface area (Å²) >= 11 is 0. The molecule has 0 amide bonds. The summed E-state index contributed by atoms with van der Waals surface area (Å²) in [5.74, 6) is 0.475. The van der Waals surface area contributed by atoms with Crippen LogP contribution in [0, 0.1) is 6.92 Å². The van der Waals surface area contributed by atoms with Gasteiger partial charge in [-0.25, -0.2) is 9.97 Å². The molecule has 0 bridgehead atoms. The summed E-state index contributed by atoms with van der Waals surface area (Å²) in [5, 5.41) is 13.0. The van der Waals surface area contributed by atoms with Gasteiger partial charge in [0.2, 0.25) is 0 Å². The zero-order valence-corrected chi connectivity index (χ0v) is 25.7. The van der Waals surface area contributed by atoms with Crippen molar-refractivity contribution >= 4 is 27.6 Å². The van der Waals surface area contributed by atoms with Gasteiger partial charge in [-0.1, -0.05) is 42.5 Å². The number of carbonyl (C=O) groups is 1. The van der Waals surface area contributed by atoms with Crippen LogP contribution in [0.25, 0.3) is 55.1 Å². The van der Waals surface area contributed by atoms with Crippen LogP contribution < -0.4 is 9.47 Å². The van der Waals surface area contributed by atoms with Crippen LogP contribution in [0.3, 0.4) is 0 Å². The Morgan fingerprint density at radius 2 is 1.62 bits per heavy atom. The van der Waals surface area contributed by atoms with Gasteiger partial charge in [0.1, 0.15) is 23.4 Å². The third-order valence-corrected chi connectivity index (χ3v) is 8.24. The smallest absolute Gasteiger partial charge is 0.307 e. The van der Waals surface area contributed by atoms with Crippen molar-refractivity contribution in [3.05, 3.63) is 102 Å². The van der Waals surface area contributed by atoms with Gasteiger partial charge in [-0.05, 0) is 89.5 Å². The van der Waals surface area contributed by atoms with Crippen molar-refractivity contribution in [2.45, 2.75) is 46.1 Å². The largest absolute Gasteiger partial charge is 0.492 e. The quantitative estimate of drug-likeness (QED) is 0.207. The van der Waals surface area contributed by atoms with Gasteiger partial charge in [0.25, 0.3) is 0 Å². The van der Waals surface area contributed by atoms with Gasteiger partial charge in [-0.3, -0.25) is 9.78 Å². The Balaban J connectivity index is 1.48. The molecular weight excluding hydrogens is 562 g/mol. The minimum Gasteiger partial charge on any atom is -0.492 e. The van der Waals surface area contributed by atoms with Crippen LogP contribution in [0.5, 0.6) is 11.5 Å². The topological polar surface area (TPSA) is 94.4 Å². The summed E-state index contributed by atoms with van der Waals surface area (Å²) < 4.78 is 12.7. The van der Waals surface area contributed by atoms with E-state index in [1.165, 1.54) is 6.33 Å². The van der Waals surface area contributed by atoms with Crippen molar-refractivity contribution in [2.24, 2.45) is 0 Å². The van der Waals surface area contributed by atoms with Crippen LogP contribution in [0.2, 0.25) is 0 Å². The molecule has 6 aromatic rings. The highest BCUT2D eigenvalue weighted by Crippen LogP contribution is 2.49. The summed E-state index contributed by atoms with van der Waals surface area (Å²) in [6, 6.07) is 20.8. The SMILES string of the molecule is Cc1cc2cc(-c3ccc(-c4cncnc4)cc3)ccc2c(-c2c(OC(C)(C)C)cc3c4c(ccnc24)CCO3)c1CC(=O)O. The van der Waals surface area contributed by atoms with E-state index in [0.29, 0.717) is 12.4 Å². The van der Waals surface area contributed by atoms with Crippen molar-refractivity contribution in [3.8, 4) is 44.9 Å². The highest BCUT2D eigenvalue weighted by atomic mass is 16.5. The monoisotopic (exact) mass is 595 g/mol. The first kappa shape index (κ1) is 28.5. The Bertz CT molecular complexity index is 2100. The normalized spacial score (nSPS) is 12.7. The maximum absolute atomic E-state index is 12.3. The van der Waals surface area contributed by atoms with Gasteiger partial charge in [-0.2, -0.15) is 0 Å². The second-order valence-corrected chi connectivity index (χ2v) is 12.5. The number of nitrogens with zero attached hydrogens (tertiary/aromatic N) is 3. The van der Waals surface area contributed by atoms with Crippen LogP contribution >= 0.6 is 0 Å². The Morgan fingerprint density at radius 1 is 0.911 bits per heavy atom. The van der Waals surface area contributed by atoms with E-state index in [-0.39, 0.29) is 6.42 Å². The molecule has 0 atom stereocenters. The fourth-order valence-corrected chi connectivity index (χ4v) is 6.33. The summed E-state index contributed by atoms with van der Waals surface area (Å²) in [7, 11) is 0. The fourth-order valence-electron chi connectivity index (χ4n) is 6.33. The number of benzene rings is 4. The highest BCUT2D eigenvalue weighted by Gasteiger charge is 2.28. The predicted molar refractivity (Wildman–Crippen MR) is 177 cm³/mol. The van der Waals surface area contributed by atoms with Gasteiger partial charge < -0.3 is 14.6 Å². The lowest BCUT2D eigenvalue weighted by Gasteiger charge is -2.28. The molecule has 0 radical (unpaired) electrons. The number of rotatable bonds is 6. The van der Waals surface area contributed by atoms with Crippen LogP contribution in [-0.2, 0) is 17.6 Å². The molecule has 0 unspecified atom stereocenters. The van der Waals surface area contributed by atoms with E-state index in [9.17, 15) is 9.90 Å². The molecule has 2 aromatic heterocycles. The van der Waals surface area contributed by atoms with Crippen molar-refractivity contribution in [1.29, 1.82) is 0 Å². The van der Waals surface area contributed by atoms with Crippen LogP contribution in [0.4, 0.5) is 0 Å². The number of ether oxygens (including phenoxy) is 2. The van der Waals surface area contributed by atoms with Gasteiger partial charge >= 0.3 is 5.97 Å². The van der Waals surface area contributed by atoms with Gasteiger partial charge in [0, 0.05) is 42.0 Å². The number of hydrogen-bond donors (Lipinski definition) is 1. The molecule has 1 aliphatic rings. The first-order valence-corrected chi connectivity index (χ1v) is 15.1. The molecule has 3 heterocycles. The molecule has 0 fully saturated rings. The first-order chi connectivity index (χ1) is 21.7. The van der Waals surface area contributed by atoms with Gasteiger partial charge in [0.05, 0.1) is 24.1 Å². The van der Waals surface area contributed by atoms with Crippen LogP contribution in [-0.4, -0.2) is 38.2 Å². The number of aryl methyl sites for hydroxylation is 1. The lowest BCUT2D eigenvalue weighted by molar-refractivity contribution is -0.136. The number of hydrogen-bond acceptors (Lipinski definition) is 6. The van der Waals surface area contributed by atoms with E-state index in [2.05, 4.69) is 58.5 Å². The van der Waals surface area contributed by atoms with E-state index in [0.717, 1.165) is 83.9 Å². The maximum atomic E-state index is 12.3. The lowest BCUT2D eigenvalue weighted by Crippen LogP contribution is -2.24. The fraction of sp³-hybridized carbons (Fsp3) is 0.211. The molecule has 0 saturated heterocycles. The van der Waals surface area contributed by atoms with Crippen LogP contribution in [0.1, 0.15) is 37.5 Å². The maximum Gasteiger partial charge on any atom is 0.307 e. The minimum absolute atomic E-state index is 0.127. The number of carboxylic acids is 1. The van der Waals surface area contributed by atoms with Crippen LogP contribution in [0.15, 0.2) is 85.6 Å². The van der Waals surface area contributed by atoms with Crippen molar-refractivity contribution in [1.82, 2.24) is 15.0 Å². The molecule has 0 spiro atoms. The Hall–Kier alpha value is -5.30. The predicted octanol–water partition coefficient (Wildman–Crippen LogP) is 8.23. The molecule has 0 aliphatic carbocycles. The molecule has 7 nitrogen and oxygen atoms in total. The van der Waals surface area contributed by atoms with Gasteiger partial charge in [-0.15, -0.1) is 0 Å². The van der Waals surface area contributed by atoms with E-state index < -0.39 is 11.6 Å². The number of aromatic nitrogens is 3. The molecule has 4 aromatic carbocycles. The number of carboxylic acid groups (broad SMARTS) is 1. The Morgan fingerprint density at radius 3 is 2.33 bits per heavy atom. The van der Waals surface area contributed by atoms with Crippen molar-refractivity contribution in [2.75, 3.05) is 6.61 Å². The van der Waals surface area contributed by atoms with Crippen molar-refractivity contribution in [3.63, 3.8) is 0 Å². The third-order valence-electron chi connectivity index (χ3n) is 8.24. The summed E-state index contributed by atoms with van der Waals surface area (Å²) in [6.45, 7) is 8.59. The standard InChI is InChI=1S/C38H33N3O4/c1-22-15-27-16-26(23-5-7-24(8-6-23)28-19-39-21-40-20-28)9-10-29(27)35(30(22)17-33(42)43)36-32(45-38(2,3)4)18-31-34-25(12-14-44-31)11-13-41-37(34)36/h5-11,13,15-16,18-21H,12,14,17H2,1-4H3,(H,42,43). The van der Waals surface area contributed by atoms with Crippen molar-refractivity contribution < 1.29 is 19.4 Å². The average molecular weight is 596 g/mol. The third kappa shape index (κ3) is 5.35. The molecule has 7 rings (SSSR count). The van der Waals surface area contributed by atoms with Gasteiger partial charge in [0.15, 0.2) is 0 Å². The second kappa shape index (κ2) is 11.0. The molecule has 7 heteroatoms. The Labute approximate surface area is 261 Å². The molecule has 0 saturated carbocycles.